The lowest BCUT2D eigenvalue weighted by Gasteiger charge is -2.14. The Hall–Kier alpha value is -2.00. The first-order chi connectivity index (χ1) is 11.1. The number of amides is 1. The van der Waals surface area contributed by atoms with Gasteiger partial charge < -0.3 is 10.4 Å². The van der Waals surface area contributed by atoms with E-state index in [1.807, 2.05) is 12.2 Å². The third-order valence-corrected chi connectivity index (χ3v) is 5.07. The summed E-state index contributed by atoms with van der Waals surface area (Å²) in [6, 6.07) is 1.86. The van der Waals surface area contributed by atoms with E-state index in [1.165, 1.54) is 0 Å². The number of benzene rings is 1. The van der Waals surface area contributed by atoms with E-state index >= 15 is 0 Å². The minimum absolute atomic E-state index is 0.153. The molecule has 1 atom stereocenters. The van der Waals surface area contributed by atoms with Crippen molar-refractivity contribution in [3.8, 4) is 0 Å². The molecule has 9 heteroatoms. The number of aryl methyl sites for hydroxylation is 3. The fourth-order valence-electron chi connectivity index (χ4n) is 2.39. The van der Waals surface area contributed by atoms with Crippen molar-refractivity contribution in [2.24, 2.45) is 0 Å². The fourth-order valence-corrected chi connectivity index (χ4v) is 3.88. The Bertz CT molecular complexity index is 710. The summed E-state index contributed by atoms with van der Waals surface area (Å²) in [6.45, 7) is 3.76. The molecular weight excluding hydrogens is 339 g/mol. The van der Waals surface area contributed by atoms with E-state index in [1.54, 1.807) is 26.0 Å². The van der Waals surface area contributed by atoms with Crippen LogP contribution in [-0.4, -0.2) is 44.7 Å². The topological polar surface area (TPSA) is 113 Å². The monoisotopic (exact) mass is 360 g/mol. The smallest absolute Gasteiger partial charge is 0.328 e. The minimum Gasteiger partial charge on any atom is -0.480 e. The van der Waals surface area contributed by atoms with Crippen molar-refractivity contribution < 1.29 is 27.5 Å². The lowest BCUT2D eigenvalue weighted by Crippen LogP contribution is -2.43. The summed E-state index contributed by atoms with van der Waals surface area (Å²) in [5.41, 5.74) is 2.12. The van der Waals surface area contributed by atoms with E-state index in [-0.39, 0.29) is 17.9 Å². The van der Waals surface area contributed by atoms with Crippen LogP contribution >= 0.6 is 0 Å². The molecule has 134 valence electrons. The third-order valence-electron chi connectivity index (χ3n) is 3.31. The Morgan fingerprint density at radius 1 is 1.21 bits per heavy atom. The Labute approximate surface area is 140 Å². The van der Waals surface area contributed by atoms with E-state index < -0.39 is 34.6 Å². The molecule has 0 bridgehead atoms. The summed E-state index contributed by atoms with van der Waals surface area (Å²) < 4.78 is 39.4. The zero-order valence-corrected chi connectivity index (χ0v) is 14.5. The predicted molar refractivity (Wildman–Crippen MR) is 86.0 cm³/mol. The number of carboxylic acids is 1. The SMILES string of the molecule is Cc1cc(C)c(S(=O)(=O)NCCC(=O)NC(CF)C(=O)O)c(C)c1. The highest BCUT2D eigenvalue weighted by molar-refractivity contribution is 7.89. The number of carbonyl (C=O) groups is 2. The van der Waals surface area contributed by atoms with Gasteiger partial charge in [0.2, 0.25) is 15.9 Å². The van der Waals surface area contributed by atoms with Crippen LogP contribution in [0.5, 0.6) is 0 Å². The van der Waals surface area contributed by atoms with E-state index in [0.717, 1.165) is 5.56 Å². The molecule has 0 radical (unpaired) electrons. The van der Waals surface area contributed by atoms with Crippen molar-refractivity contribution in [2.45, 2.75) is 38.1 Å². The molecule has 0 spiro atoms. The van der Waals surface area contributed by atoms with Crippen LogP contribution in [0, 0.1) is 20.8 Å². The third kappa shape index (κ3) is 5.27. The number of alkyl halides is 1. The second-order valence-electron chi connectivity index (χ2n) is 5.49. The van der Waals surface area contributed by atoms with Crippen LogP contribution in [0.15, 0.2) is 17.0 Å². The van der Waals surface area contributed by atoms with Crippen molar-refractivity contribution in [3.05, 3.63) is 28.8 Å². The number of carboxylic acid groups (broad SMARTS) is 1. The van der Waals surface area contributed by atoms with Crippen molar-refractivity contribution in [3.63, 3.8) is 0 Å². The molecule has 24 heavy (non-hydrogen) atoms. The quantitative estimate of drug-likeness (QED) is 0.635. The van der Waals surface area contributed by atoms with Gasteiger partial charge in [-0.25, -0.2) is 22.3 Å². The van der Waals surface area contributed by atoms with Gasteiger partial charge in [-0.05, 0) is 31.9 Å². The minimum atomic E-state index is -3.80. The molecule has 1 rings (SSSR count). The van der Waals surface area contributed by atoms with E-state index in [9.17, 15) is 22.4 Å². The van der Waals surface area contributed by atoms with Crippen LogP contribution in [0.2, 0.25) is 0 Å². The average Bonchev–Trinajstić information content (AvgIpc) is 2.42. The molecule has 0 aliphatic carbocycles. The standard InChI is InChI=1S/C15H21FN2O5S/c1-9-6-10(2)14(11(3)7-9)24(22,23)17-5-4-13(19)18-12(8-16)15(20)21/h6-7,12,17H,4-5,8H2,1-3H3,(H,18,19)(H,20,21). The maximum atomic E-state index is 12.4. The molecule has 3 N–H and O–H groups in total. The van der Waals surface area contributed by atoms with Gasteiger partial charge in [0.1, 0.15) is 6.67 Å². The van der Waals surface area contributed by atoms with E-state index in [0.29, 0.717) is 11.1 Å². The molecule has 0 aromatic heterocycles. The molecule has 1 aromatic carbocycles. The van der Waals surface area contributed by atoms with Crippen molar-refractivity contribution in [2.75, 3.05) is 13.2 Å². The first kappa shape index (κ1) is 20.0. The van der Waals surface area contributed by atoms with Crippen molar-refractivity contribution in [1.29, 1.82) is 0 Å². The Balaban J connectivity index is 2.71. The zero-order valence-electron chi connectivity index (χ0n) is 13.7. The maximum Gasteiger partial charge on any atom is 0.328 e. The molecule has 0 saturated carbocycles. The first-order valence-corrected chi connectivity index (χ1v) is 8.72. The van der Waals surface area contributed by atoms with Crippen molar-refractivity contribution in [1.82, 2.24) is 10.0 Å². The van der Waals surface area contributed by atoms with Gasteiger partial charge in [-0.2, -0.15) is 0 Å². The maximum absolute atomic E-state index is 12.4. The lowest BCUT2D eigenvalue weighted by molar-refractivity contribution is -0.142. The molecule has 7 nitrogen and oxygen atoms in total. The van der Waals surface area contributed by atoms with Crippen LogP contribution < -0.4 is 10.0 Å². The molecule has 0 aliphatic rings. The van der Waals surface area contributed by atoms with Crippen LogP contribution in [0.3, 0.4) is 0 Å². The summed E-state index contributed by atoms with van der Waals surface area (Å²) in [5.74, 6) is -2.24. The molecule has 0 heterocycles. The molecule has 1 aromatic rings. The summed E-state index contributed by atoms with van der Waals surface area (Å²) >= 11 is 0. The summed E-state index contributed by atoms with van der Waals surface area (Å²) in [5, 5.41) is 10.6. The zero-order chi connectivity index (χ0) is 18.5. The largest absolute Gasteiger partial charge is 0.480 e. The Kier molecular flexibility index (Phi) is 6.85. The normalized spacial score (nSPS) is 12.7. The molecular formula is C15H21FN2O5S. The van der Waals surface area contributed by atoms with E-state index in [4.69, 9.17) is 5.11 Å². The first-order valence-electron chi connectivity index (χ1n) is 7.24. The Morgan fingerprint density at radius 3 is 2.21 bits per heavy atom. The van der Waals surface area contributed by atoms with Gasteiger partial charge >= 0.3 is 5.97 Å². The lowest BCUT2D eigenvalue weighted by atomic mass is 10.1. The van der Waals surface area contributed by atoms with Crippen LogP contribution in [-0.2, 0) is 19.6 Å². The number of hydrogen-bond donors (Lipinski definition) is 3. The number of carbonyl (C=O) groups excluding carboxylic acids is 1. The van der Waals surface area contributed by atoms with Gasteiger partial charge in [-0.1, -0.05) is 17.7 Å². The van der Waals surface area contributed by atoms with Gasteiger partial charge in [0.15, 0.2) is 6.04 Å². The van der Waals surface area contributed by atoms with E-state index in [2.05, 4.69) is 4.72 Å². The van der Waals surface area contributed by atoms with Gasteiger partial charge in [-0.3, -0.25) is 4.79 Å². The van der Waals surface area contributed by atoms with Gasteiger partial charge in [0.05, 0.1) is 4.90 Å². The highest BCUT2D eigenvalue weighted by atomic mass is 32.2. The van der Waals surface area contributed by atoms with Crippen molar-refractivity contribution >= 4 is 21.9 Å². The molecule has 0 saturated heterocycles. The van der Waals surface area contributed by atoms with Gasteiger partial charge in [-0.15, -0.1) is 0 Å². The average molecular weight is 360 g/mol. The molecule has 1 unspecified atom stereocenters. The molecule has 0 aliphatic heterocycles. The predicted octanol–water partition coefficient (Wildman–Crippen LogP) is 0.819. The Morgan fingerprint density at radius 2 is 1.75 bits per heavy atom. The van der Waals surface area contributed by atoms with Crippen LogP contribution in [0.1, 0.15) is 23.1 Å². The highest BCUT2D eigenvalue weighted by Crippen LogP contribution is 2.21. The number of sulfonamides is 1. The number of aliphatic carboxylic acids is 1. The number of halogens is 1. The summed E-state index contributed by atoms with van der Waals surface area (Å²) in [7, 11) is -3.80. The molecule has 1 amide bonds. The summed E-state index contributed by atoms with van der Waals surface area (Å²) in [4.78, 5) is 22.3. The summed E-state index contributed by atoms with van der Waals surface area (Å²) in [6.07, 6.45) is -0.299. The van der Waals surface area contributed by atoms with Gasteiger partial charge in [0, 0.05) is 13.0 Å². The second kappa shape index (κ2) is 8.20. The molecule has 0 fully saturated rings. The van der Waals surface area contributed by atoms with Gasteiger partial charge in [0.25, 0.3) is 0 Å². The number of hydrogen-bond acceptors (Lipinski definition) is 4. The highest BCUT2D eigenvalue weighted by Gasteiger charge is 2.22. The van der Waals surface area contributed by atoms with Crippen LogP contribution in [0.25, 0.3) is 0 Å². The van der Waals surface area contributed by atoms with Crippen LogP contribution in [0.4, 0.5) is 4.39 Å². The number of rotatable bonds is 8. The number of nitrogens with one attached hydrogen (secondary N) is 2. The fraction of sp³-hybridized carbons (Fsp3) is 0.467. The second-order valence-corrected chi connectivity index (χ2v) is 7.19.